The number of amides is 3. The van der Waals surface area contributed by atoms with Gasteiger partial charge >= 0.3 is 12.0 Å². The van der Waals surface area contributed by atoms with Crippen molar-refractivity contribution in [2.75, 3.05) is 33.2 Å². The van der Waals surface area contributed by atoms with E-state index >= 15 is 0 Å². The van der Waals surface area contributed by atoms with E-state index in [4.69, 9.17) is 5.11 Å². The van der Waals surface area contributed by atoms with E-state index in [0.29, 0.717) is 13.1 Å². The van der Waals surface area contributed by atoms with Crippen LogP contribution in [0.2, 0.25) is 0 Å². The van der Waals surface area contributed by atoms with Crippen molar-refractivity contribution in [3.63, 3.8) is 0 Å². The number of carbonyl (C=O) groups is 3. The minimum atomic E-state index is -1.13. The Labute approximate surface area is 110 Å². The molecule has 2 aliphatic heterocycles. The van der Waals surface area contributed by atoms with Crippen LogP contribution in [-0.4, -0.2) is 88.2 Å². The van der Waals surface area contributed by atoms with Gasteiger partial charge in [0.25, 0.3) is 0 Å². The lowest BCUT2D eigenvalue weighted by Gasteiger charge is -2.35. The molecule has 0 aromatic rings. The molecular formula is C11H17N3O5. The number of aliphatic hydroxyl groups excluding tert-OH is 1. The molecule has 19 heavy (non-hydrogen) atoms. The number of carboxylic acids is 1. The van der Waals surface area contributed by atoms with E-state index in [-0.39, 0.29) is 25.4 Å². The van der Waals surface area contributed by atoms with Crippen LogP contribution in [0.4, 0.5) is 4.79 Å². The number of β-amino-alcohol motifs (C(OH)–C–C–N with tert-alkyl or cyclic N) is 1. The topological polar surface area (TPSA) is 101 Å². The molecule has 0 radical (unpaired) electrons. The Bertz CT molecular complexity index is 413. The molecule has 2 N–H and O–H groups in total. The molecule has 0 aromatic heterocycles. The number of rotatable bonds is 1. The molecule has 2 aliphatic rings. The van der Waals surface area contributed by atoms with Gasteiger partial charge < -0.3 is 24.9 Å². The molecule has 2 fully saturated rings. The monoisotopic (exact) mass is 271 g/mol. The molecule has 0 bridgehead atoms. The summed E-state index contributed by atoms with van der Waals surface area (Å²) in [6.45, 7) is 0.753. The molecule has 0 aromatic carbocycles. The highest BCUT2D eigenvalue weighted by Crippen LogP contribution is 2.20. The predicted octanol–water partition coefficient (Wildman–Crippen LogP) is -1.60. The quantitative estimate of drug-likeness (QED) is 0.598. The number of hydrogen-bond donors (Lipinski definition) is 2. The second kappa shape index (κ2) is 5.04. The van der Waals surface area contributed by atoms with Gasteiger partial charge in [0.05, 0.1) is 6.10 Å². The summed E-state index contributed by atoms with van der Waals surface area (Å²) in [5.41, 5.74) is 0. The number of carbonyl (C=O) groups excluding carboxylic acids is 2. The summed E-state index contributed by atoms with van der Waals surface area (Å²) < 4.78 is 0. The molecule has 106 valence electrons. The van der Waals surface area contributed by atoms with Crippen LogP contribution in [0.3, 0.4) is 0 Å². The van der Waals surface area contributed by atoms with E-state index in [2.05, 4.69) is 0 Å². The summed E-state index contributed by atoms with van der Waals surface area (Å²) in [4.78, 5) is 38.8. The zero-order chi connectivity index (χ0) is 14.2. The Hall–Kier alpha value is -1.83. The van der Waals surface area contributed by atoms with Gasteiger partial charge in [-0.1, -0.05) is 0 Å². The molecule has 2 saturated heterocycles. The van der Waals surface area contributed by atoms with E-state index in [1.54, 1.807) is 7.05 Å². The molecule has 2 rings (SSSR count). The first-order valence-corrected chi connectivity index (χ1v) is 6.10. The van der Waals surface area contributed by atoms with Crippen molar-refractivity contribution in [2.45, 2.75) is 18.6 Å². The van der Waals surface area contributed by atoms with Crippen LogP contribution in [0.1, 0.15) is 6.42 Å². The largest absolute Gasteiger partial charge is 0.480 e. The SMILES string of the molecule is CN1CCN(C(=O)N2C[C@H](O)C[C@H]2C(=O)O)CC1=O. The highest BCUT2D eigenvalue weighted by atomic mass is 16.4. The number of likely N-dealkylation sites (tertiary alicyclic amines) is 1. The number of nitrogens with zero attached hydrogens (tertiary/aromatic N) is 3. The molecule has 8 nitrogen and oxygen atoms in total. The Morgan fingerprint density at radius 3 is 2.58 bits per heavy atom. The minimum absolute atomic E-state index is 0.00364. The van der Waals surface area contributed by atoms with Gasteiger partial charge in [-0.2, -0.15) is 0 Å². The summed E-state index contributed by atoms with van der Waals surface area (Å²) in [5, 5.41) is 18.6. The van der Waals surface area contributed by atoms with Crippen LogP contribution < -0.4 is 0 Å². The number of aliphatic carboxylic acids is 1. The van der Waals surface area contributed by atoms with Crippen LogP contribution in [0.25, 0.3) is 0 Å². The number of aliphatic hydroxyl groups is 1. The first-order valence-electron chi connectivity index (χ1n) is 6.10. The van der Waals surface area contributed by atoms with Crippen LogP contribution >= 0.6 is 0 Å². The molecule has 0 spiro atoms. The molecule has 0 saturated carbocycles. The lowest BCUT2D eigenvalue weighted by atomic mass is 10.2. The van der Waals surface area contributed by atoms with Crippen molar-refractivity contribution >= 4 is 17.9 Å². The van der Waals surface area contributed by atoms with Gasteiger partial charge in [-0.05, 0) is 0 Å². The number of urea groups is 1. The van der Waals surface area contributed by atoms with Crippen LogP contribution in [0.15, 0.2) is 0 Å². The zero-order valence-electron chi connectivity index (χ0n) is 10.7. The van der Waals surface area contributed by atoms with Crippen molar-refractivity contribution in [3.05, 3.63) is 0 Å². The van der Waals surface area contributed by atoms with Crippen LogP contribution in [0.5, 0.6) is 0 Å². The van der Waals surface area contributed by atoms with E-state index in [0.717, 1.165) is 4.90 Å². The molecule has 0 aliphatic carbocycles. The van der Waals surface area contributed by atoms with E-state index < -0.39 is 24.1 Å². The fraction of sp³-hybridized carbons (Fsp3) is 0.727. The van der Waals surface area contributed by atoms with Gasteiger partial charge in [-0.25, -0.2) is 9.59 Å². The first kappa shape index (κ1) is 13.6. The summed E-state index contributed by atoms with van der Waals surface area (Å²) in [6.07, 6.45) is -0.795. The summed E-state index contributed by atoms with van der Waals surface area (Å²) in [6, 6.07) is -1.51. The minimum Gasteiger partial charge on any atom is -0.480 e. The van der Waals surface area contributed by atoms with Gasteiger partial charge in [0.2, 0.25) is 5.91 Å². The number of carboxylic acid groups (broad SMARTS) is 1. The molecule has 2 atom stereocenters. The second-order valence-electron chi connectivity index (χ2n) is 4.92. The van der Waals surface area contributed by atoms with E-state index in [1.165, 1.54) is 9.80 Å². The zero-order valence-corrected chi connectivity index (χ0v) is 10.7. The van der Waals surface area contributed by atoms with Crippen molar-refractivity contribution in [1.82, 2.24) is 14.7 Å². The lowest BCUT2D eigenvalue weighted by molar-refractivity contribution is -0.141. The third-order valence-electron chi connectivity index (χ3n) is 3.54. The smallest absolute Gasteiger partial charge is 0.326 e. The third-order valence-corrected chi connectivity index (χ3v) is 3.54. The maximum atomic E-state index is 12.2. The lowest BCUT2D eigenvalue weighted by Crippen LogP contribution is -2.56. The van der Waals surface area contributed by atoms with Gasteiger partial charge in [0.15, 0.2) is 0 Å². The molecule has 3 amide bonds. The Morgan fingerprint density at radius 1 is 1.32 bits per heavy atom. The van der Waals surface area contributed by atoms with Crippen LogP contribution in [0, 0.1) is 0 Å². The second-order valence-corrected chi connectivity index (χ2v) is 4.92. The maximum absolute atomic E-state index is 12.2. The van der Waals surface area contributed by atoms with Crippen molar-refractivity contribution in [3.8, 4) is 0 Å². The maximum Gasteiger partial charge on any atom is 0.326 e. The molecular weight excluding hydrogens is 254 g/mol. The fourth-order valence-corrected chi connectivity index (χ4v) is 2.36. The van der Waals surface area contributed by atoms with E-state index in [9.17, 15) is 19.5 Å². The number of likely N-dealkylation sites (N-methyl/N-ethyl adjacent to an activating group) is 1. The normalized spacial score (nSPS) is 27.9. The molecule has 2 heterocycles. The Balaban J connectivity index is 2.06. The summed E-state index contributed by atoms with van der Waals surface area (Å²) >= 11 is 0. The van der Waals surface area contributed by atoms with Gasteiger partial charge in [-0.15, -0.1) is 0 Å². The predicted molar refractivity (Wildman–Crippen MR) is 63.4 cm³/mol. The standard InChI is InChI=1S/C11H17N3O5/c1-12-2-3-13(6-9(12)16)11(19)14-5-7(15)4-8(14)10(17)18/h7-8,15H,2-6H2,1H3,(H,17,18)/t7-,8+/m1/s1. The summed E-state index contributed by atoms with van der Waals surface area (Å²) in [7, 11) is 1.66. The van der Waals surface area contributed by atoms with Gasteiger partial charge in [0.1, 0.15) is 12.6 Å². The first-order chi connectivity index (χ1) is 8.90. The molecule has 8 heteroatoms. The van der Waals surface area contributed by atoms with Crippen molar-refractivity contribution in [1.29, 1.82) is 0 Å². The van der Waals surface area contributed by atoms with Gasteiger partial charge in [0, 0.05) is 33.1 Å². The Morgan fingerprint density at radius 2 is 2.00 bits per heavy atom. The number of piperazine rings is 1. The summed E-state index contributed by atoms with van der Waals surface area (Å²) in [5.74, 6) is -1.31. The number of hydrogen-bond acceptors (Lipinski definition) is 4. The highest BCUT2D eigenvalue weighted by Gasteiger charge is 2.41. The van der Waals surface area contributed by atoms with E-state index in [1.807, 2.05) is 0 Å². The van der Waals surface area contributed by atoms with Crippen LogP contribution in [-0.2, 0) is 9.59 Å². The average Bonchev–Trinajstić information content (AvgIpc) is 2.74. The van der Waals surface area contributed by atoms with Crippen molar-refractivity contribution in [2.24, 2.45) is 0 Å². The fourth-order valence-electron chi connectivity index (χ4n) is 2.36. The highest BCUT2D eigenvalue weighted by molar-refractivity contribution is 5.88. The van der Waals surface area contributed by atoms with Crippen molar-refractivity contribution < 1.29 is 24.6 Å². The Kier molecular flexibility index (Phi) is 3.61. The molecule has 0 unspecified atom stereocenters. The van der Waals surface area contributed by atoms with Gasteiger partial charge in [-0.3, -0.25) is 4.79 Å². The average molecular weight is 271 g/mol. The third kappa shape index (κ3) is 2.62.